The van der Waals surface area contributed by atoms with Gasteiger partial charge in [-0.1, -0.05) is 34.9 Å². The van der Waals surface area contributed by atoms with Crippen molar-refractivity contribution in [2.24, 2.45) is 0 Å². The highest BCUT2D eigenvalue weighted by molar-refractivity contribution is 9.10. The standard InChI is InChI=1S/C18H22BrN3O2/c1-11(2)15-10-17(24-21-15)16-5-4-8-22(16)18(23)20-13-6-7-14(19)12(3)9-13/h6-7,9-11,16H,4-5,8H2,1-3H3,(H,20,23)/t16-/m1/s1. The number of hydrogen-bond acceptors (Lipinski definition) is 3. The Kier molecular flexibility index (Phi) is 4.94. The molecule has 0 aliphatic carbocycles. The van der Waals surface area contributed by atoms with E-state index in [2.05, 4.69) is 40.3 Å². The lowest BCUT2D eigenvalue weighted by Gasteiger charge is -2.23. The summed E-state index contributed by atoms with van der Waals surface area (Å²) in [6.07, 6.45) is 1.87. The zero-order chi connectivity index (χ0) is 17.3. The predicted octanol–water partition coefficient (Wildman–Crippen LogP) is 5.24. The smallest absolute Gasteiger partial charge is 0.322 e. The number of benzene rings is 1. The average molecular weight is 392 g/mol. The maximum atomic E-state index is 12.7. The molecule has 2 aromatic rings. The van der Waals surface area contributed by atoms with Crippen molar-refractivity contribution in [1.29, 1.82) is 0 Å². The summed E-state index contributed by atoms with van der Waals surface area (Å²) in [5, 5.41) is 7.11. The Morgan fingerprint density at radius 3 is 2.88 bits per heavy atom. The van der Waals surface area contributed by atoms with Crippen LogP contribution in [0.25, 0.3) is 0 Å². The van der Waals surface area contributed by atoms with Gasteiger partial charge in [0.25, 0.3) is 0 Å². The molecule has 1 atom stereocenters. The highest BCUT2D eigenvalue weighted by atomic mass is 79.9. The molecule has 0 unspecified atom stereocenters. The number of carbonyl (C=O) groups excluding carboxylic acids is 1. The molecule has 24 heavy (non-hydrogen) atoms. The van der Waals surface area contributed by atoms with Crippen molar-refractivity contribution < 1.29 is 9.32 Å². The summed E-state index contributed by atoms with van der Waals surface area (Å²) in [4.78, 5) is 14.5. The second kappa shape index (κ2) is 6.97. The topological polar surface area (TPSA) is 58.4 Å². The van der Waals surface area contributed by atoms with Crippen LogP contribution in [0, 0.1) is 6.92 Å². The minimum absolute atomic E-state index is 0.0402. The molecule has 0 spiro atoms. The van der Waals surface area contributed by atoms with Crippen LogP contribution in [0.15, 0.2) is 33.3 Å². The summed E-state index contributed by atoms with van der Waals surface area (Å²) < 4.78 is 6.53. The number of amides is 2. The largest absolute Gasteiger partial charge is 0.359 e. The second-order valence-electron chi connectivity index (χ2n) is 6.55. The molecule has 6 heteroatoms. The Hall–Kier alpha value is -1.82. The Balaban J connectivity index is 1.74. The van der Waals surface area contributed by atoms with Crippen LogP contribution in [0.5, 0.6) is 0 Å². The van der Waals surface area contributed by atoms with Crippen molar-refractivity contribution in [3.63, 3.8) is 0 Å². The van der Waals surface area contributed by atoms with Crippen molar-refractivity contribution in [1.82, 2.24) is 10.1 Å². The first kappa shape index (κ1) is 17.0. The zero-order valence-electron chi connectivity index (χ0n) is 14.2. The van der Waals surface area contributed by atoms with Gasteiger partial charge in [-0.2, -0.15) is 0 Å². The number of likely N-dealkylation sites (tertiary alicyclic amines) is 1. The number of hydrogen-bond donors (Lipinski definition) is 1. The van der Waals surface area contributed by atoms with E-state index in [0.717, 1.165) is 46.6 Å². The van der Waals surface area contributed by atoms with Gasteiger partial charge in [0.05, 0.1) is 11.7 Å². The van der Waals surface area contributed by atoms with Gasteiger partial charge in [-0.05, 0) is 49.4 Å². The number of rotatable bonds is 3. The van der Waals surface area contributed by atoms with Crippen molar-refractivity contribution in [2.45, 2.75) is 45.6 Å². The lowest BCUT2D eigenvalue weighted by molar-refractivity contribution is 0.195. The Morgan fingerprint density at radius 1 is 1.42 bits per heavy atom. The second-order valence-corrected chi connectivity index (χ2v) is 7.41. The first-order chi connectivity index (χ1) is 11.5. The molecule has 1 aliphatic rings. The maximum Gasteiger partial charge on any atom is 0.322 e. The average Bonchev–Trinajstić information content (AvgIpc) is 3.18. The van der Waals surface area contributed by atoms with Crippen LogP contribution in [-0.4, -0.2) is 22.6 Å². The van der Waals surface area contributed by atoms with E-state index in [9.17, 15) is 4.79 Å². The number of urea groups is 1. The van der Waals surface area contributed by atoms with Gasteiger partial charge in [-0.3, -0.25) is 0 Å². The van der Waals surface area contributed by atoms with Crippen LogP contribution in [0.3, 0.4) is 0 Å². The molecule has 0 saturated carbocycles. The molecule has 3 rings (SSSR count). The van der Waals surface area contributed by atoms with Crippen LogP contribution in [0.4, 0.5) is 10.5 Å². The van der Waals surface area contributed by atoms with Gasteiger partial charge < -0.3 is 14.7 Å². The lowest BCUT2D eigenvalue weighted by Crippen LogP contribution is -2.34. The van der Waals surface area contributed by atoms with Gasteiger partial charge in [0.1, 0.15) is 0 Å². The molecule has 2 amide bonds. The summed E-state index contributed by atoms with van der Waals surface area (Å²) in [5.74, 6) is 1.09. The van der Waals surface area contributed by atoms with Crippen LogP contribution in [-0.2, 0) is 0 Å². The third kappa shape index (κ3) is 3.48. The summed E-state index contributed by atoms with van der Waals surface area (Å²) in [7, 11) is 0. The molecule has 1 aliphatic heterocycles. The van der Waals surface area contributed by atoms with E-state index in [1.807, 2.05) is 36.1 Å². The fourth-order valence-electron chi connectivity index (χ4n) is 2.96. The molecule has 5 nitrogen and oxygen atoms in total. The van der Waals surface area contributed by atoms with E-state index in [0.29, 0.717) is 5.92 Å². The van der Waals surface area contributed by atoms with E-state index in [-0.39, 0.29) is 12.1 Å². The molecule has 2 heterocycles. The molecule has 1 aromatic heterocycles. The normalized spacial score (nSPS) is 17.5. The van der Waals surface area contributed by atoms with Gasteiger partial charge in [0, 0.05) is 22.8 Å². The first-order valence-electron chi connectivity index (χ1n) is 8.26. The van der Waals surface area contributed by atoms with E-state index in [1.165, 1.54) is 0 Å². The monoisotopic (exact) mass is 391 g/mol. The van der Waals surface area contributed by atoms with E-state index >= 15 is 0 Å². The number of nitrogens with zero attached hydrogens (tertiary/aromatic N) is 2. The van der Waals surface area contributed by atoms with Gasteiger partial charge in [0.2, 0.25) is 0 Å². The highest BCUT2D eigenvalue weighted by Crippen LogP contribution is 2.33. The minimum atomic E-state index is -0.0956. The Bertz CT molecular complexity index is 742. The van der Waals surface area contributed by atoms with Gasteiger partial charge >= 0.3 is 6.03 Å². The molecule has 128 valence electrons. The van der Waals surface area contributed by atoms with Gasteiger partial charge in [-0.25, -0.2) is 4.79 Å². The summed E-state index contributed by atoms with van der Waals surface area (Å²) in [5.41, 5.74) is 2.81. The van der Waals surface area contributed by atoms with Crippen molar-refractivity contribution in [2.75, 3.05) is 11.9 Å². The lowest BCUT2D eigenvalue weighted by atomic mass is 10.1. The van der Waals surface area contributed by atoms with Crippen LogP contribution in [0.2, 0.25) is 0 Å². The van der Waals surface area contributed by atoms with Crippen molar-refractivity contribution in [3.8, 4) is 0 Å². The third-order valence-electron chi connectivity index (χ3n) is 4.39. The van der Waals surface area contributed by atoms with Crippen molar-refractivity contribution in [3.05, 3.63) is 45.8 Å². The van der Waals surface area contributed by atoms with E-state index in [4.69, 9.17) is 4.52 Å². The first-order valence-corrected chi connectivity index (χ1v) is 9.05. The SMILES string of the molecule is Cc1cc(NC(=O)N2CCC[C@@H]2c2cc(C(C)C)no2)ccc1Br. The van der Waals surface area contributed by atoms with Crippen molar-refractivity contribution >= 4 is 27.6 Å². The fourth-order valence-corrected chi connectivity index (χ4v) is 3.20. The third-order valence-corrected chi connectivity index (χ3v) is 5.28. The summed E-state index contributed by atoms with van der Waals surface area (Å²) in [6.45, 7) is 6.89. The minimum Gasteiger partial charge on any atom is -0.359 e. The molecule has 0 radical (unpaired) electrons. The van der Waals surface area contributed by atoms with Gasteiger partial charge in [-0.15, -0.1) is 0 Å². The number of halogens is 1. The summed E-state index contributed by atoms with van der Waals surface area (Å²) in [6, 6.07) is 7.63. The quantitative estimate of drug-likeness (QED) is 0.777. The van der Waals surface area contributed by atoms with Gasteiger partial charge in [0.15, 0.2) is 5.76 Å². The summed E-state index contributed by atoms with van der Waals surface area (Å²) >= 11 is 3.47. The van der Waals surface area contributed by atoms with Crippen LogP contribution >= 0.6 is 15.9 Å². The molecule has 1 aromatic carbocycles. The number of nitrogens with one attached hydrogen (secondary N) is 1. The highest BCUT2D eigenvalue weighted by Gasteiger charge is 2.33. The molecule has 0 bridgehead atoms. The molecular weight excluding hydrogens is 370 g/mol. The number of aryl methyl sites for hydroxylation is 1. The van der Waals surface area contributed by atoms with Crippen LogP contribution < -0.4 is 5.32 Å². The number of carbonyl (C=O) groups is 1. The Morgan fingerprint density at radius 2 is 2.21 bits per heavy atom. The molecule has 1 fully saturated rings. The molecule has 1 N–H and O–H groups in total. The number of aromatic nitrogens is 1. The number of anilines is 1. The predicted molar refractivity (Wildman–Crippen MR) is 97.2 cm³/mol. The maximum absolute atomic E-state index is 12.7. The van der Waals surface area contributed by atoms with E-state index < -0.39 is 0 Å². The zero-order valence-corrected chi connectivity index (χ0v) is 15.8. The molecule has 1 saturated heterocycles. The van der Waals surface area contributed by atoms with Crippen LogP contribution in [0.1, 0.15) is 55.7 Å². The molecular formula is C18H22BrN3O2. The Labute approximate surface area is 150 Å². The fraction of sp³-hybridized carbons (Fsp3) is 0.444. The van der Waals surface area contributed by atoms with E-state index in [1.54, 1.807) is 0 Å².